The smallest absolute Gasteiger partial charge is 0.307 e. The second-order valence-electron chi connectivity index (χ2n) is 6.59. The fourth-order valence-electron chi connectivity index (χ4n) is 3.33. The van der Waals surface area contributed by atoms with Crippen molar-refractivity contribution in [2.45, 2.75) is 38.6 Å². The third kappa shape index (κ3) is 3.32. The first kappa shape index (κ1) is 17.3. The third-order valence-electron chi connectivity index (χ3n) is 4.69. The van der Waals surface area contributed by atoms with Gasteiger partial charge in [-0.05, 0) is 31.4 Å². The van der Waals surface area contributed by atoms with E-state index >= 15 is 0 Å². The van der Waals surface area contributed by atoms with E-state index in [-0.39, 0.29) is 17.5 Å². The van der Waals surface area contributed by atoms with Gasteiger partial charge < -0.3 is 14.5 Å². The molecule has 3 aromatic rings. The summed E-state index contributed by atoms with van der Waals surface area (Å²) in [6, 6.07) is 7.46. The molecule has 0 saturated carbocycles. The molecule has 7 nitrogen and oxygen atoms in total. The second kappa shape index (κ2) is 7.26. The highest BCUT2D eigenvalue weighted by Crippen LogP contribution is 2.30. The number of allylic oxidation sites excluding steroid dienone is 2. The Hall–Kier alpha value is -3.09. The normalized spacial score (nSPS) is 14.1. The molecule has 0 amide bonds. The van der Waals surface area contributed by atoms with Gasteiger partial charge in [0.2, 0.25) is 0 Å². The van der Waals surface area contributed by atoms with Gasteiger partial charge in [0.1, 0.15) is 17.3 Å². The number of hydrogen-bond donors (Lipinski definition) is 1. The highest BCUT2D eigenvalue weighted by Gasteiger charge is 2.21. The number of fused-ring (bicyclic) bond motifs is 1. The summed E-state index contributed by atoms with van der Waals surface area (Å²) in [4.78, 5) is 24.7. The van der Waals surface area contributed by atoms with Crippen LogP contribution in [0.1, 0.15) is 37.9 Å². The van der Waals surface area contributed by atoms with Gasteiger partial charge in [-0.2, -0.15) is 4.98 Å². The molecule has 0 unspecified atom stereocenters. The van der Waals surface area contributed by atoms with Crippen LogP contribution in [0.25, 0.3) is 11.2 Å². The van der Waals surface area contributed by atoms with Crippen molar-refractivity contribution < 1.29 is 9.47 Å². The summed E-state index contributed by atoms with van der Waals surface area (Å²) in [5, 5.41) is 0. The van der Waals surface area contributed by atoms with Gasteiger partial charge in [-0.1, -0.05) is 25.1 Å². The molecular formula is C20H22N4O3. The van der Waals surface area contributed by atoms with E-state index in [4.69, 9.17) is 14.5 Å². The summed E-state index contributed by atoms with van der Waals surface area (Å²) in [5.74, 6) is 2.35. The van der Waals surface area contributed by atoms with Crippen molar-refractivity contribution in [3.05, 3.63) is 52.6 Å². The summed E-state index contributed by atoms with van der Waals surface area (Å²) in [6.45, 7) is 2.71. The molecule has 2 heterocycles. The van der Waals surface area contributed by atoms with Crippen molar-refractivity contribution in [3.8, 4) is 17.5 Å². The van der Waals surface area contributed by atoms with Crippen LogP contribution >= 0.6 is 0 Å². The Morgan fingerprint density at radius 2 is 2.00 bits per heavy atom. The first-order chi connectivity index (χ1) is 13.2. The molecule has 7 heteroatoms. The SMILES string of the molecule is CCCn1c(Oc2cccc(OC)c2)nc(=O)c2[nH]c(C3CC=CC3)nc21. The maximum absolute atomic E-state index is 12.6. The average Bonchev–Trinajstić information content (AvgIpc) is 3.35. The van der Waals surface area contributed by atoms with Crippen LogP contribution < -0.4 is 15.0 Å². The van der Waals surface area contributed by atoms with Crippen molar-refractivity contribution in [3.63, 3.8) is 0 Å². The van der Waals surface area contributed by atoms with E-state index in [1.54, 1.807) is 19.2 Å². The quantitative estimate of drug-likeness (QED) is 0.672. The lowest BCUT2D eigenvalue weighted by Crippen LogP contribution is -2.16. The highest BCUT2D eigenvalue weighted by molar-refractivity contribution is 5.71. The molecule has 1 aliphatic rings. The zero-order chi connectivity index (χ0) is 18.8. The van der Waals surface area contributed by atoms with Gasteiger partial charge in [0, 0.05) is 18.5 Å². The topological polar surface area (TPSA) is 82.0 Å². The predicted octanol–water partition coefficient (Wildman–Crippen LogP) is 3.76. The minimum atomic E-state index is -0.361. The zero-order valence-electron chi connectivity index (χ0n) is 15.4. The fourth-order valence-corrected chi connectivity index (χ4v) is 3.33. The Bertz CT molecular complexity index is 1040. The molecule has 2 aromatic heterocycles. The molecule has 140 valence electrons. The van der Waals surface area contributed by atoms with Crippen LogP contribution in [-0.4, -0.2) is 26.6 Å². The van der Waals surface area contributed by atoms with Gasteiger partial charge >= 0.3 is 11.6 Å². The van der Waals surface area contributed by atoms with Crippen LogP contribution in [0.4, 0.5) is 0 Å². The van der Waals surface area contributed by atoms with Crippen LogP contribution in [0.5, 0.6) is 17.5 Å². The molecular weight excluding hydrogens is 344 g/mol. The number of aromatic nitrogens is 4. The molecule has 0 bridgehead atoms. The molecule has 1 aliphatic carbocycles. The Morgan fingerprint density at radius 1 is 1.22 bits per heavy atom. The van der Waals surface area contributed by atoms with E-state index in [0.29, 0.717) is 29.2 Å². The number of hydrogen-bond acceptors (Lipinski definition) is 5. The molecule has 1 N–H and O–H groups in total. The van der Waals surface area contributed by atoms with Crippen LogP contribution in [0, 0.1) is 0 Å². The summed E-state index contributed by atoms with van der Waals surface area (Å²) >= 11 is 0. The number of nitrogens with zero attached hydrogens (tertiary/aromatic N) is 3. The minimum absolute atomic E-state index is 0.241. The Kier molecular flexibility index (Phi) is 4.66. The average molecular weight is 366 g/mol. The van der Waals surface area contributed by atoms with E-state index in [0.717, 1.165) is 25.1 Å². The predicted molar refractivity (Wildman–Crippen MR) is 103 cm³/mol. The van der Waals surface area contributed by atoms with Crippen molar-refractivity contribution >= 4 is 11.2 Å². The summed E-state index contributed by atoms with van der Waals surface area (Å²) in [7, 11) is 1.60. The monoisotopic (exact) mass is 366 g/mol. The lowest BCUT2D eigenvalue weighted by atomic mass is 10.1. The minimum Gasteiger partial charge on any atom is -0.497 e. The largest absolute Gasteiger partial charge is 0.497 e. The first-order valence-electron chi connectivity index (χ1n) is 9.17. The fraction of sp³-hybridized carbons (Fsp3) is 0.350. The molecule has 0 atom stereocenters. The van der Waals surface area contributed by atoms with Crippen molar-refractivity contribution in [2.24, 2.45) is 0 Å². The molecule has 0 spiro atoms. The van der Waals surface area contributed by atoms with Gasteiger partial charge in [0.15, 0.2) is 11.2 Å². The van der Waals surface area contributed by atoms with E-state index < -0.39 is 0 Å². The number of aryl methyl sites for hydroxylation is 1. The van der Waals surface area contributed by atoms with Crippen LogP contribution in [0.2, 0.25) is 0 Å². The molecule has 0 saturated heterocycles. The molecule has 4 rings (SSSR count). The lowest BCUT2D eigenvalue weighted by Gasteiger charge is -2.13. The molecule has 1 aromatic carbocycles. The van der Waals surface area contributed by atoms with Gasteiger partial charge in [0.05, 0.1) is 7.11 Å². The van der Waals surface area contributed by atoms with E-state index in [1.807, 2.05) is 16.7 Å². The number of aromatic amines is 1. The molecule has 0 aliphatic heterocycles. The third-order valence-corrected chi connectivity index (χ3v) is 4.69. The number of methoxy groups -OCH3 is 1. The second-order valence-corrected chi connectivity index (χ2v) is 6.59. The standard InChI is InChI=1S/C20H22N4O3/c1-3-11-24-18-16(21-17(22-18)13-7-4-5-8-13)19(25)23-20(24)27-15-10-6-9-14(12-15)26-2/h4-6,9-10,12-13H,3,7-8,11H2,1-2H3,(H,21,22). The first-order valence-corrected chi connectivity index (χ1v) is 9.17. The van der Waals surface area contributed by atoms with E-state index in [2.05, 4.69) is 29.0 Å². The number of ether oxygens (including phenoxy) is 2. The van der Waals surface area contributed by atoms with Crippen LogP contribution in [-0.2, 0) is 6.54 Å². The van der Waals surface area contributed by atoms with Gasteiger partial charge in [-0.3, -0.25) is 9.36 Å². The molecule has 0 radical (unpaired) electrons. The Morgan fingerprint density at radius 3 is 2.74 bits per heavy atom. The number of imidazole rings is 1. The van der Waals surface area contributed by atoms with E-state index in [1.165, 1.54) is 0 Å². The van der Waals surface area contributed by atoms with Crippen molar-refractivity contribution in [1.29, 1.82) is 0 Å². The van der Waals surface area contributed by atoms with Crippen molar-refractivity contribution in [1.82, 2.24) is 19.5 Å². The van der Waals surface area contributed by atoms with Crippen LogP contribution in [0.3, 0.4) is 0 Å². The maximum atomic E-state index is 12.6. The molecule has 0 fully saturated rings. The van der Waals surface area contributed by atoms with Gasteiger partial charge in [-0.25, -0.2) is 4.98 Å². The zero-order valence-corrected chi connectivity index (χ0v) is 15.4. The number of benzene rings is 1. The van der Waals surface area contributed by atoms with Crippen molar-refractivity contribution in [2.75, 3.05) is 7.11 Å². The summed E-state index contributed by atoms with van der Waals surface area (Å²) in [5.41, 5.74) is 0.667. The summed E-state index contributed by atoms with van der Waals surface area (Å²) in [6.07, 6.45) is 7.02. The Labute approximate surface area is 156 Å². The van der Waals surface area contributed by atoms with Gasteiger partial charge in [0.25, 0.3) is 0 Å². The summed E-state index contributed by atoms with van der Waals surface area (Å²) < 4.78 is 13.0. The number of rotatable bonds is 6. The van der Waals surface area contributed by atoms with E-state index in [9.17, 15) is 4.79 Å². The number of H-pyrrole nitrogens is 1. The highest BCUT2D eigenvalue weighted by atomic mass is 16.5. The maximum Gasteiger partial charge on any atom is 0.307 e. The molecule has 27 heavy (non-hydrogen) atoms. The van der Waals surface area contributed by atoms with Crippen LogP contribution in [0.15, 0.2) is 41.2 Å². The van der Waals surface area contributed by atoms with Gasteiger partial charge in [-0.15, -0.1) is 0 Å². The Balaban J connectivity index is 1.79. The lowest BCUT2D eigenvalue weighted by molar-refractivity contribution is 0.390. The number of nitrogens with one attached hydrogen (secondary N) is 1.